The first-order valence-electron chi connectivity index (χ1n) is 6.21. The zero-order valence-corrected chi connectivity index (χ0v) is 11.8. The molecule has 0 aliphatic heterocycles. The molecule has 0 heterocycles. The highest BCUT2D eigenvalue weighted by Crippen LogP contribution is 2.45. The predicted molar refractivity (Wildman–Crippen MR) is 73.1 cm³/mol. The Bertz CT molecular complexity index is 538. The van der Waals surface area contributed by atoms with Crippen molar-refractivity contribution in [2.24, 2.45) is 5.41 Å². The normalized spacial score (nSPS) is 21.6. The molecule has 5 heteroatoms. The summed E-state index contributed by atoms with van der Waals surface area (Å²) >= 11 is 0. The van der Waals surface area contributed by atoms with E-state index in [4.69, 9.17) is 0 Å². The van der Waals surface area contributed by atoms with E-state index < -0.39 is 10.0 Å². The maximum atomic E-state index is 12.2. The van der Waals surface area contributed by atoms with Gasteiger partial charge in [-0.25, -0.2) is 13.1 Å². The Labute approximate surface area is 109 Å². The molecule has 0 aromatic heterocycles. The van der Waals surface area contributed by atoms with E-state index in [0.717, 1.165) is 18.7 Å². The van der Waals surface area contributed by atoms with Crippen LogP contribution in [-0.2, 0) is 10.0 Å². The van der Waals surface area contributed by atoms with E-state index in [9.17, 15) is 8.42 Å². The number of nitrogens with one attached hydrogen (secondary N) is 2. The van der Waals surface area contributed by atoms with Gasteiger partial charge in [-0.05, 0) is 37.0 Å². The van der Waals surface area contributed by atoms with Crippen molar-refractivity contribution in [3.05, 3.63) is 24.3 Å². The minimum absolute atomic E-state index is 0.0605. The molecule has 2 rings (SSSR count). The fraction of sp³-hybridized carbons (Fsp3) is 0.538. The van der Waals surface area contributed by atoms with Crippen molar-refractivity contribution in [2.75, 3.05) is 11.9 Å². The summed E-state index contributed by atoms with van der Waals surface area (Å²) in [6.45, 7) is 6.88. The second-order valence-electron chi connectivity index (χ2n) is 5.42. The Kier molecular flexibility index (Phi) is 3.38. The molecule has 1 aliphatic carbocycles. The van der Waals surface area contributed by atoms with Crippen LogP contribution in [-0.4, -0.2) is 21.0 Å². The molecule has 4 nitrogen and oxygen atoms in total. The summed E-state index contributed by atoms with van der Waals surface area (Å²) < 4.78 is 27.1. The molecule has 1 atom stereocenters. The molecule has 1 aliphatic rings. The Morgan fingerprint density at radius 3 is 2.61 bits per heavy atom. The maximum Gasteiger partial charge on any atom is 0.240 e. The lowest BCUT2D eigenvalue weighted by Crippen LogP contribution is -2.28. The Morgan fingerprint density at radius 2 is 2.06 bits per heavy atom. The zero-order valence-electron chi connectivity index (χ0n) is 11.0. The molecule has 1 fully saturated rings. The molecule has 0 bridgehead atoms. The van der Waals surface area contributed by atoms with Gasteiger partial charge in [-0.2, -0.15) is 0 Å². The van der Waals surface area contributed by atoms with Gasteiger partial charge in [0.15, 0.2) is 0 Å². The van der Waals surface area contributed by atoms with Gasteiger partial charge in [-0.1, -0.05) is 19.9 Å². The van der Waals surface area contributed by atoms with E-state index in [0.29, 0.717) is 4.90 Å². The highest BCUT2D eigenvalue weighted by Gasteiger charge is 2.47. The standard InChI is InChI=1S/C13H20N2O2S/c1-4-14-10-6-5-7-11(8-10)18(16,17)15-12-9-13(12,2)3/h5-8,12,14-15H,4,9H2,1-3H3. The average molecular weight is 268 g/mol. The van der Waals surface area contributed by atoms with Crippen LogP contribution >= 0.6 is 0 Å². The van der Waals surface area contributed by atoms with Crippen LogP contribution < -0.4 is 10.0 Å². The lowest BCUT2D eigenvalue weighted by atomic mass is 10.2. The van der Waals surface area contributed by atoms with Gasteiger partial charge >= 0.3 is 0 Å². The smallest absolute Gasteiger partial charge is 0.240 e. The fourth-order valence-corrected chi connectivity index (χ4v) is 3.35. The maximum absolute atomic E-state index is 12.2. The minimum Gasteiger partial charge on any atom is -0.385 e. The van der Waals surface area contributed by atoms with Crippen LogP contribution in [0, 0.1) is 5.41 Å². The van der Waals surface area contributed by atoms with Crippen molar-refractivity contribution >= 4 is 15.7 Å². The molecular weight excluding hydrogens is 248 g/mol. The van der Waals surface area contributed by atoms with E-state index in [1.54, 1.807) is 18.2 Å². The van der Waals surface area contributed by atoms with E-state index in [1.807, 2.05) is 13.0 Å². The van der Waals surface area contributed by atoms with Crippen molar-refractivity contribution in [3.8, 4) is 0 Å². The molecule has 100 valence electrons. The topological polar surface area (TPSA) is 58.2 Å². The summed E-state index contributed by atoms with van der Waals surface area (Å²) in [6, 6.07) is 6.97. The molecule has 2 N–H and O–H groups in total. The van der Waals surface area contributed by atoms with Gasteiger partial charge in [-0.15, -0.1) is 0 Å². The third kappa shape index (κ3) is 2.84. The minimum atomic E-state index is -3.40. The van der Waals surface area contributed by atoms with Crippen LogP contribution in [0.25, 0.3) is 0 Å². The van der Waals surface area contributed by atoms with Crippen LogP contribution in [0.4, 0.5) is 5.69 Å². The highest BCUT2D eigenvalue weighted by molar-refractivity contribution is 7.89. The average Bonchev–Trinajstić information content (AvgIpc) is 2.86. The van der Waals surface area contributed by atoms with E-state index >= 15 is 0 Å². The summed E-state index contributed by atoms with van der Waals surface area (Å²) in [7, 11) is -3.40. The van der Waals surface area contributed by atoms with Crippen molar-refractivity contribution in [1.82, 2.24) is 4.72 Å². The second-order valence-corrected chi connectivity index (χ2v) is 7.14. The van der Waals surface area contributed by atoms with Crippen LogP contribution in [0.2, 0.25) is 0 Å². The number of hydrogen-bond acceptors (Lipinski definition) is 3. The number of anilines is 1. The highest BCUT2D eigenvalue weighted by atomic mass is 32.2. The molecule has 1 unspecified atom stereocenters. The summed E-state index contributed by atoms with van der Waals surface area (Å²) in [5.41, 5.74) is 0.919. The summed E-state index contributed by atoms with van der Waals surface area (Å²) in [4.78, 5) is 0.323. The van der Waals surface area contributed by atoms with Crippen molar-refractivity contribution < 1.29 is 8.42 Å². The second kappa shape index (κ2) is 4.55. The van der Waals surface area contributed by atoms with E-state index in [2.05, 4.69) is 23.9 Å². The van der Waals surface area contributed by atoms with Gasteiger partial charge in [-0.3, -0.25) is 0 Å². The molecule has 18 heavy (non-hydrogen) atoms. The zero-order chi connectivity index (χ0) is 13.4. The number of sulfonamides is 1. The SMILES string of the molecule is CCNc1cccc(S(=O)(=O)NC2CC2(C)C)c1. The lowest BCUT2D eigenvalue weighted by Gasteiger charge is -2.10. The van der Waals surface area contributed by atoms with Gasteiger partial charge in [0.25, 0.3) is 0 Å². The van der Waals surface area contributed by atoms with Crippen molar-refractivity contribution in [2.45, 2.75) is 38.1 Å². The Hall–Kier alpha value is -1.07. The molecule has 1 saturated carbocycles. The monoisotopic (exact) mass is 268 g/mol. The summed E-state index contributed by atoms with van der Waals surface area (Å²) in [5.74, 6) is 0. The van der Waals surface area contributed by atoms with Gasteiger partial charge in [0.2, 0.25) is 10.0 Å². The van der Waals surface area contributed by atoms with Crippen molar-refractivity contribution in [1.29, 1.82) is 0 Å². The van der Waals surface area contributed by atoms with Crippen molar-refractivity contribution in [3.63, 3.8) is 0 Å². The van der Waals surface area contributed by atoms with Crippen LogP contribution in [0.1, 0.15) is 27.2 Å². The summed E-state index contributed by atoms with van der Waals surface area (Å²) in [5, 5.41) is 3.11. The third-order valence-electron chi connectivity index (χ3n) is 3.34. The third-order valence-corrected chi connectivity index (χ3v) is 4.81. The first-order chi connectivity index (χ1) is 8.35. The quantitative estimate of drug-likeness (QED) is 0.860. The first-order valence-corrected chi connectivity index (χ1v) is 7.70. The first kappa shape index (κ1) is 13.4. The number of hydrogen-bond donors (Lipinski definition) is 2. The molecule has 0 saturated heterocycles. The van der Waals surface area contributed by atoms with E-state index in [1.165, 1.54) is 0 Å². The van der Waals surface area contributed by atoms with Gasteiger partial charge in [0.05, 0.1) is 4.90 Å². The molecule has 1 aromatic rings. The largest absolute Gasteiger partial charge is 0.385 e. The van der Waals surface area contributed by atoms with Gasteiger partial charge in [0, 0.05) is 18.3 Å². The van der Waals surface area contributed by atoms with Crippen LogP contribution in [0.3, 0.4) is 0 Å². The molecule has 0 radical (unpaired) electrons. The molecule has 0 spiro atoms. The van der Waals surface area contributed by atoms with E-state index in [-0.39, 0.29) is 11.5 Å². The fourth-order valence-electron chi connectivity index (χ4n) is 1.90. The predicted octanol–water partition coefficient (Wildman–Crippen LogP) is 2.20. The van der Waals surface area contributed by atoms with Gasteiger partial charge < -0.3 is 5.32 Å². The molecule has 0 amide bonds. The number of rotatable bonds is 5. The lowest BCUT2D eigenvalue weighted by molar-refractivity contribution is 0.555. The summed E-state index contributed by atoms with van der Waals surface area (Å²) in [6.07, 6.45) is 0.902. The molecular formula is C13H20N2O2S. The van der Waals surface area contributed by atoms with Gasteiger partial charge in [0.1, 0.15) is 0 Å². The Balaban J connectivity index is 2.17. The number of benzene rings is 1. The van der Waals surface area contributed by atoms with Crippen LogP contribution in [0.5, 0.6) is 0 Å². The van der Waals surface area contributed by atoms with Crippen LogP contribution in [0.15, 0.2) is 29.2 Å². The Morgan fingerprint density at radius 1 is 1.39 bits per heavy atom. The molecule has 1 aromatic carbocycles.